The van der Waals surface area contributed by atoms with E-state index in [4.69, 9.17) is 16.3 Å². The SMILES string of the molecule is O=C(COC(=O)CCCc1cccs1)NCc1ccccc1Cl. The molecule has 0 saturated carbocycles. The Balaban J connectivity index is 1.60. The van der Waals surface area contributed by atoms with Gasteiger partial charge in [0, 0.05) is 22.9 Å². The van der Waals surface area contributed by atoms with Crippen LogP contribution in [0.3, 0.4) is 0 Å². The third kappa shape index (κ3) is 6.42. The molecule has 0 aliphatic heterocycles. The van der Waals surface area contributed by atoms with Crippen LogP contribution >= 0.6 is 22.9 Å². The molecule has 4 nitrogen and oxygen atoms in total. The predicted molar refractivity (Wildman–Crippen MR) is 91.5 cm³/mol. The number of nitrogens with one attached hydrogen (secondary N) is 1. The highest BCUT2D eigenvalue weighted by molar-refractivity contribution is 7.09. The van der Waals surface area contributed by atoms with Gasteiger partial charge < -0.3 is 10.1 Å². The fourth-order valence-electron chi connectivity index (χ4n) is 1.97. The average Bonchev–Trinajstić information content (AvgIpc) is 3.05. The monoisotopic (exact) mass is 351 g/mol. The normalized spacial score (nSPS) is 10.3. The van der Waals surface area contributed by atoms with Crippen molar-refractivity contribution >= 4 is 34.8 Å². The molecule has 0 radical (unpaired) electrons. The maximum absolute atomic E-state index is 11.7. The second kappa shape index (κ2) is 9.33. The summed E-state index contributed by atoms with van der Waals surface area (Å²) >= 11 is 7.67. The number of halogens is 1. The molecule has 23 heavy (non-hydrogen) atoms. The average molecular weight is 352 g/mol. The standard InChI is InChI=1S/C17H18ClNO3S/c18-15-8-2-1-5-13(15)11-19-16(20)12-22-17(21)9-3-6-14-7-4-10-23-14/h1-2,4-5,7-8,10H,3,6,9,11-12H2,(H,19,20). The van der Waals surface area contributed by atoms with Crippen molar-refractivity contribution < 1.29 is 14.3 Å². The summed E-state index contributed by atoms with van der Waals surface area (Å²) in [6, 6.07) is 11.3. The predicted octanol–water partition coefficient (Wildman–Crippen LogP) is 3.58. The van der Waals surface area contributed by atoms with E-state index in [0.29, 0.717) is 18.0 Å². The first-order valence-corrected chi connectivity index (χ1v) is 8.59. The fraction of sp³-hybridized carbons (Fsp3) is 0.294. The quantitative estimate of drug-likeness (QED) is 0.739. The van der Waals surface area contributed by atoms with Gasteiger partial charge in [-0.3, -0.25) is 9.59 Å². The minimum Gasteiger partial charge on any atom is -0.456 e. The molecule has 0 aliphatic carbocycles. The summed E-state index contributed by atoms with van der Waals surface area (Å²) < 4.78 is 4.96. The highest BCUT2D eigenvalue weighted by atomic mass is 35.5. The van der Waals surface area contributed by atoms with Crippen LogP contribution in [0.1, 0.15) is 23.3 Å². The van der Waals surface area contributed by atoms with Crippen molar-refractivity contribution in [1.29, 1.82) is 0 Å². The van der Waals surface area contributed by atoms with Gasteiger partial charge >= 0.3 is 5.97 Å². The van der Waals surface area contributed by atoms with Crippen molar-refractivity contribution in [3.63, 3.8) is 0 Å². The van der Waals surface area contributed by atoms with Crippen LogP contribution in [0.15, 0.2) is 41.8 Å². The van der Waals surface area contributed by atoms with Gasteiger partial charge in [-0.25, -0.2) is 0 Å². The highest BCUT2D eigenvalue weighted by Crippen LogP contribution is 2.14. The number of hydrogen-bond donors (Lipinski definition) is 1. The number of ether oxygens (including phenoxy) is 1. The summed E-state index contributed by atoms with van der Waals surface area (Å²) in [6.07, 6.45) is 1.89. The van der Waals surface area contributed by atoms with Crippen molar-refractivity contribution in [2.45, 2.75) is 25.8 Å². The van der Waals surface area contributed by atoms with Crippen LogP contribution in [-0.4, -0.2) is 18.5 Å². The lowest BCUT2D eigenvalue weighted by Gasteiger charge is -2.07. The van der Waals surface area contributed by atoms with Crippen molar-refractivity contribution in [3.8, 4) is 0 Å². The fourth-order valence-corrected chi connectivity index (χ4v) is 2.92. The molecule has 122 valence electrons. The largest absolute Gasteiger partial charge is 0.456 e. The molecule has 0 atom stereocenters. The zero-order chi connectivity index (χ0) is 16.5. The first-order chi connectivity index (χ1) is 11.1. The second-order valence-electron chi connectivity index (χ2n) is 4.96. The van der Waals surface area contributed by atoms with Crippen LogP contribution in [0.25, 0.3) is 0 Å². The topological polar surface area (TPSA) is 55.4 Å². The molecule has 2 rings (SSSR count). The van der Waals surface area contributed by atoms with E-state index < -0.39 is 0 Å². The van der Waals surface area contributed by atoms with Gasteiger partial charge in [0.2, 0.25) is 0 Å². The molecule has 2 aromatic rings. The Morgan fingerprint density at radius 2 is 2.00 bits per heavy atom. The molecule has 6 heteroatoms. The maximum Gasteiger partial charge on any atom is 0.306 e. The van der Waals surface area contributed by atoms with Gasteiger partial charge in [0.15, 0.2) is 6.61 Å². The van der Waals surface area contributed by atoms with Crippen LogP contribution in [0, 0.1) is 0 Å². The van der Waals surface area contributed by atoms with E-state index in [2.05, 4.69) is 5.32 Å². The number of carbonyl (C=O) groups excluding carboxylic acids is 2. The molecule has 0 bridgehead atoms. The molecule has 0 aliphatic rings. The van der Waals surface area contributed by atoms with Gasteiger partial charge in [-0.15, -0.1) is 11.3 Å². The van der Waals surface area contributed by atoms with E-state index in [9.17, 15) is 9.59 Å². The molecule has 0 unspecified atom stereocenters. The number of benzene rings is 1. The van der Waals surface area contributed by atoms with Crippen molar-refractivity contribution in [2.75, 3.05) is 6.61 Å². The molecule has 1 amide bonds. The van der Waals surface area contributed by atoms with Gasteiger partial charge in [-0.1, -0.05) is 35.9 Å². The summed E-state index contributed by atoms with van der Waals surface area (Å²) in [5.74, 6) is -0.689. The first kappa shape index (κ1) is 17.5. The van der Waals surface area contributed by atoms with E-state index in [1.165, 1.54) is 4.88 Å². The molecular formula is C17H18ClNO3S. The lowest BCUT2D eigenvalue weighted by molar-refractivity contribution is -0.148. The molecule has 1 heterocycles. The van der Waals surface area contributed by atoms with E-state index in [1.54, 1.807) is 17.4 Å². The van der Waals surface area contributed by atoms with Gasteiger partial charge in [0.1, 0.15) is 0 Å². The number of rotatable bonds is 8. The van der Waals surface area contributed by atoms with Crippen LogP contribution in [-0.2, 0) is 27.3 Å². The number of esters is 1. The minimum absolute atomic E-state index is 0.262. The number of carbonyl (C=O) groups is 2. The summed E-state index contributed by atoms with van der Waals surface area (Å²) in [6.45, 7) is 0.0523. The Morgan fingerprint density at radius 3 is 2.74 bits per heavy atom. The Hall–Kier alpha value is -1.85. The maximum atomic E-state index is 11.7. The molecule has 1 aromatic heterocycles. The summed E-state index contributed by atoms with van der Waals surface area (Å²) in [7, 11) is 0. The van der Waals surface area contributed by atoms with E-state index in [1.807, 2.05) is 35.7 Å². The lowest BCUT2D eigenvalue weighted by atomic mass is 10.2. The summed E-state index contributed by atoms with van der Waals surface area (Å²) in [4.78, 5) is 24.5. The molecule has 0 saturated heterocycles. The number of thiophene rings is 1. The van der Waals surface area contributed by atoms with E-state index in [0.717, 1.165) is 18.4 Å². The van der Waals surface area contributed by atoms with Gasteiger partial charge in [0.25, 0.3) is 5.91 Å². The second-order valence-corrected chi connectivity index (χ2v) is 6.40. The van der Waals surface area contributed by atoms with Crippen molar-refractivity contribution in [1.82, 2.24) is 5.32 Å². The zero-order valence-electron chi connectivity index (χ0n) is 12.6. The number of aryl methyl sites for hydroxylation is 1. The van der Waals surface area contributed by atoms with Gasteiger partial charge in [0.05, 0.1) is 0 Å². The van der Waals surface area contributed by atoms with Crippen LogP contribution in [0.5, 0.6) is 0 Å². The third-order valence-corrected chi connectivity index (χ3v) is 4.49. The van der Waals surface area contributed by atoms with Crippen molar-refractivity contribution in [2.24, 2.45) is 0 Å². The Kier molecular flexibility index (Phi) is 7.10. The van der Waals surface area contributed by atoms with Crippen molar-refractivity contribution in [3.05, 3.63) is 57.2 Å². The van der Waals surface area contributed by atoms with Gasteiger partial charge in [-0.05, 0) is 35.9 Å². The summed E-state index contributed by atoms with van der Waals surface area (Å²) in [5, 5.41) is 5.28. The molecule has 0 spiro atoms. The smallest absolute Gasteiger partial charge is 0.306 e. The lowest BCUT2D eigenvalue weighted by Crippen LogP contribution is -2.28. The minimum atomic E-state index is -0.352. The molecule has 1 aromatic carbocycles. The molecule has 1 N–H and O–H groups in total. The molecular weight excluding hydrogens is 334 g/mol. The van der Waals surface area contributed by atoms with Crippen LogP contribution < -0.4 is 5.32 Å². The van der Waals surface area contributed by atoms with Crippen LogP contribution in [0.4, 0.5) is 0 Å². The zero-order valence-corrected chi connectivity index (χ0v) is 14.2. The Bertz CT molecular complexity index is 643. The number of hydrogen-bond acceptors (Lipinski definition) is 4. The molecule has 0 fully saturated rings. The van der Waals surface area contributed by atoms with Crippen LogP contribution in [0.2, 0.25) is 5.02 Å². The number of amides is 1. The Labute approximate surface area is 144 Å². The van der Waals surface area contributed by atoms with Gasteiger partial charge in [-0.2, -0.15) is 0 Å². The van der Waals surface area contributed by atoms with E-state index in [-0.39, 0.29) is 18.5 Å². The Morgan fingerprint density at radius 1 is 1.17 bits per heavy atom. The summed E-state index contributed by atoms with van der Waals surface area (Å²) in [5.41, 5.74) is 0.824. The first-order valence-electron chi connectivity index (χ1n) is 7.33. The van der Waals surface area contributed by atoms with E-state index >= 15 is 0 Å². The highest BCUT2D eigenvalue weighted by Gasteiger charge is 2.08. The third-order valence-electron chi connectivity index (χ3n) is 3.18.